The van der Waals surface area contributed by atoms with Crippen LogP contribution in [0, 0.1) is 5.92 Å². The first-order valence-corrected chi connectivity index (χ1v) is 8.76. The first-order chi connectivity index (χ1) is 10.8. The lowest BCUT2D eigenvalue weighted by Crippen LogP contribution is -2.33. The minimum Gasteiger partial charge on any atom is -0.492 e. The molecule has 2 aromatic rings. The fourth-order valence-electron chi connectivity index (χ4n) is 2.88. The largest absolute Gasteiger partial charge is 0.492 e. The molecule has 0 aliphatic carbocycles. The summed E-state index contributed by atoms with van der Waals surface area (Å²) in [7, 11) is 0. The summed E-state index contributed by atoms with van der Waals surface area (Å²) in [5.41, 5.74) is 2.63. The molecule has 0 aromatic heterocycles. The van der Waals surface area contributed by atoms with Crippen molar-refractivity contribution in [1.29, 1.82) is 0 Å². The number of piperidine rings is 1. The van der Waals surface area contributed by atoms with Gasteiger partial charge in [0, 0.05) is 12.5 Å². The molecule has 1 fully saturated rings. The van der Waals surface area contributed by atoms with Gasteiger partial charge in [-0.15, -0.1) is 0 Å². The number of rotatable bonds is 5. The van der Waals surface area contributed by atoms with Gasteiger partial charge in [0.25, 0.3) is 0 Å². The van der Waals surface area contributed by atoms with E-state index in [-0.39, 0.29) is 0 Å². The van der Waals surface area contributed by atoms with Crippen LogP contribution in [0.5, 0.6) is 5.75 Å². The third-order valence-electron chi connectivity index (χ3n) is 4.12. The first-order valence-electron chi connectivity index (χ1n) is 7.97. The molecule has 1 atom stereocenters. The molecule has 3 heteroatoms. The highest BCUT2D eigenvalue weighted by molar-refractivity contribution is 9.10. The van der Waals surface area contributed by atoms with Crippen molar-refractivity contribution in [3.63, 3.8) is 0 Å². The first kappa shape index (κ1) is 15.6. The number of hydrogen-bond donors (Lipinski definition) is 1. The van der Waals surface area contributed by atoms with Crippen molar-refractivity contribution < 1.29 is 4.74 Å². The maximum Gasteiger partial charge on any atom is 0.133 e. The summed E-state index contributed by atoms with van der Waals surface area (Å²) in [5, 5.41) is 3.43. The van der Waals surface area contributed by atoms with Crippen LogP contribution in [-0.4, -0.2) is 19.7 Å². The minimum atomic E-state index is 0.629. The van der Waals surface area contributed by atoms with E-state index in [1.54, 1.807) is 0 Å². The zero-order valence-corrected chi connectivity index (χ0v) is 14.3. The predicted octanol–water partition coefficient (Wildman–Crippen LogP) is 4.42. The van der Waals surface area contributed by atoms with E-state index in [2.05, 4.69) is 69.8 Å². The molecule has 0 radical (unpaired) electrons. The molecule has 0 saturated carbocycles. The molecule has 1 aliphatic heterocycles. The molecule has 1 saturated heterocycles. The van der Waals surface area contributed by atoms with Crippen LogP contribution in [0.2, 0.25) is 0 Å². The Kier molecular flexibility index (Phi) is 5.52. The molecule has 0 bridgehead atoms. The Labute approximate surface area is 141 Å². The second-order valence-electron chi connectivity index (χ2n) is 5.95. The van der Waals surface area contributed by atoms with Crippen molar-refractivity contribution in [2.45, 2.75) is 19.3 Å². The van der Waals surface area contributed by atoms with Gasteiger partial charge >= 0.3 is 0 Å². The monoisotopic (exact) mass is 359 g/mol. The Bertz CT molecular complexity index is 594. The lowest BCUT2D eigenvalue weighted by Gasteiger charge is -2.23. The highest BCUT2D eigenvalue weighted by Gasteiger charge is 2.14. The Morgan fingerprint density at radius 1 is 1.09 bits per heavy atom. The van der Waals surface area contributed by atoms with E-state index >= 15 is 0 Å². The van der Waals surface area contributed by atoms with E-state index < -0.39 is 0 Å². The zero-order valence-electron chi connectivity index (χ0n) is 12.7. The summed E-state index contributed by atoms with van der Waals surface area (Å²) >= 11 is 3.64. The molecule has 0 spiro atoms. The number of hydrogen-bond acceptors (Lipinski definition) is 2. The number of ether oxygens (including phenoxy) is 1. The van der Waals surface area contributed by atoms with Crippen molar-refractivity contribution in [3.8, 4) is 5.75 Å². The molecule has 3 rings (SSSR count). The van der Waals surface area contributed by atoms with Crippen LogP contribution < -0.4 is 10.1 Å². The average molecular weight is 360 g/mol. The number of benzene rings is 2. The van der Waals surface area contributed by atoms with E-state index in [0.717, 1.165) is 36.3 Å². The van der Waals surface area contributed by atoms with Crippen molar-refractivity contribution in [1.82, 2.24) is 5.32 Å². The van der Waals surface area contributed by atoms with E-state index in [4.69, 9.17) is 4.74 Å². The summed E-state index contributed by atoms with van der Waals surface area (Å²) in [5.74, 6) is 1.58. The van der Waals surface area contributed by atoms with Crippen LogP contribution in [0.25, 0.3) is 0 Å². The fraction of sp³-hybridized carbons (Fsp3) is 0.368. The van der Waals surface area contributed by atoms with Gasteiger partial charge in [-0.25, -0.2) is 0 Å². The van der Waals surface area contributed by atoms with Gasteiger partial charge in [-0.2, -0.15) is 0 Å². The van der Waals surface area contributed by atoms with Gasteiger partial charge in [-0.05, 0) is 65.0 Å². The fourth-order valence-corrected chi connectivity index (χ4v) is 3.42. The molecule has 22 heavy (non-hydrogen) atoms. The van der Waals surface area contributed by atoms with Gasteiger partial charge in [0.05, 0.1) is 11.1 Å². The highest BCUT2D eigenvalue weighted by Crippen LogP contribution is 2.28. The number of halogens is 1. The highest BCUT2D eigenvalue weighted by atomic mass is 79.9. The van der Waals surface area contributed by atoms with Crippen LogP contribution in [0.1, 0.15) is 24.0 Å². The van der Waals surface area contributed by atoms with Crippen molar-refractivity contribution in [2.75, 3.05) is 19.7 Å². The van der Waals surface area contributed by atoms with Crippen molar-refractivity contribution >= 4 is 15.9 Å². The van der Waals surface area contributed by atoms with Gasteiger partial charge in [0.1, 0.15) is 5.75 Å². The van der Waals surface area contributed by atoms with Gasteiger partial charge in [-0.1, -0.05) is 36.4 Å². The molecular weight excluding hydrogens is 338 g/mol. The molecule has 2 aromatic carbocycles. The summed E-state index contributed by atoms with van der Waals surface area (Å²) < 4.78 is 7.04. The SMILES string of the molecule is Brc1cc(Cc2ccccc2)ccc1OCC1CCCNC1. The van der Waals surface area contributed by atoms with Crippen LogP contribution in [0.3, 0.4) is 0 Å². The molecule has 1 N–H and O–H groups in total. The Balaban J connectivity index is 1.59. The molecule has 116 valence electrons. The molecule has 2 nitrogen and oxygen atoms in total. The quantitative estimate of drug-likeness (QED) is 0.852. The lowest BCUT2D eigenvalue weighted by molar-refractivity contribution is 0.217. The Hall–Kier alpha value is -1.32. The van der Waals surface area contributed by atoms with E-state index in [0.29, 0.717) is 5.92 Å². The summed E-state index contributed by atoms with van der Waals surface area (Å²) in [6, 6.07) is 17.0. The number of nitrogens with one attached hydrogen (secondary N) is 1. The second-order valence-corrected chi connectivity index (χ2v) is 6.80. The van der Waals surface area contributed by atoms with Crippen molar-refractivity contribution in [2.24, 2.45) is 5.92 Å². The average Bonchev–Trinajstić information content (AvgIpc) is 2.56. The standard InChI is InChI=1S/C19H22BrNO/c20-18-12-16(11-15-5-2-1-3-6-15)8-9-19(18)22-14-17-7-4-10-21-13-17/h1-3,5-6,8-9,12,17,21H,4,7,10-11,13-14H2. The third-order valence-corrected chi connectivity index (χ3v) is 4.74. The summed E-state index contributed by atoms with van der Waals surface area (Å²) in [6.07, 6.45) is 3.47. The second kappa shape index (κ2) is 7.80. The zero-order chi connectivity index (χ0) is 15.2. The van der Waals surface area contributed by atoms with E-state index in [9.17, 15) is 0 Å². The maximum atomic E-state index is 5.99. The third kappa shape index (κ3) is 4.34. The van der Waals surface area contributed by atoms with E-state index in [1.807, 2.05) is 0 Å². The molecule has 1 aliphatic rings. The molecule has 1 heterocycles. The van der Waals surface area contributed by atoms with E-state index in [1.165, 1.54) is 24.0 Å². The predicted molar refractivity (Wildman–Crippen MR) is 94.5 cm³/mol. The van der Waals surface area contributed by atoms with Crippen LogP contribution in [0.15, 0.2) is 53.0 Å². The van der Waals surface area contributed by atoms with Gasteiger partial charge in [0.15, 0.2) is 0 Å². The van der Waals surface area contributed by atoms with Crippen LogP contribution in [0.4, 0.5) is 0 Å². The summed E-state index contributed by atoms with van der Waals surface area (Å²) in [6.45, 7) is 3.02. The van der Waals surface area contributed by atoms with Gasteiger partial charge in [0.2, 0.25) is 0 Å². The Morgan fingerprint density at radius 2 is 1.95 bits per heavy atom. The smallest absolute Gasteiger partial charge is 0.133 e. The summed E-state index contributed by atoms with van der Waals surface area (Å²) in [4.78, 5) is 0. The minimum absolute atomic E-state index is 0.629. The van der Waals surface area contributed by atoms with Gasteiger partial charge in [-0.3, -0.25) is 0 Å². The molecule has 0 amide bonds. The van der Waals surface area contributed by atoms with Crippen LogP contribution in [-0.2, 0) is 6.42 Å². The van der Waals surface area contributed by atoms with Crippen LogP contribution >= 0.6 is 15.9 Å². The normalized spacial score (nSPS) is 18.1. The van der Waals surface area contributed by atoms with Gasteiger partial charge < -0.3 is 10.1 Å². The molecular formula is C19H22BrNO. The maximum absolute atomic E-state index is 5.99. The van der Waals surface area contributed by atoms with Crippen molar-refractivity contribution in [3.05, 3.63) is 64.1 Å². The topological polar surface area (TPSA) is 21.3 Å². The Morgan fingerprint density at radius 3 is 2.68 bits per heavy atom. The lowest BCUT2D eigenvalue weighted by atomic mass is 10.0. The molecule has 1 unspecified atom stereocenters.